The number of benzene rings is 3. The number of nitrogens with one attached hydrogen (secondary N) is 1. The lowest BCUT2D eigenvalue weighted by atomic mass is 9.82. The highest BCUT2D eigenvalue weighted by Gasteiger charge is 2.34. The Bertz CT molecular complexity index is 1160. The van der Waals surface area contributed by atoms with E-state index in [4.69, 9.17) is 5.73 Å². The number of nitrogens with two attached hydrogens (primary N) is 1. The van der Waals surface area contributed by atoms with E-state index < -0.39 is 0 Å². The van der Waals surface area contributed by atoms with E-state index in [1.165, 1.54) is 6.07 Å². The second-order valence-electron chi connectivity index (χ2n) is 7.21. The molecule has 0 amide bonds. The number of phenolic OH excluding ortho intramolecular Hbond substituents is 1. The minimum Gasteiger partial charge on any atom is -0.506 e. The number of phenols is 1. The fourth-order valence-electron chi connectivity index (χ4n) is 3.91. The summed E-state index contributed by atoms with van der Waals surface area (Å²) in [6, 6.07) is 12.1. The van der Waals surface area contributed by atoms with Crippen LogP contribution in [0, 0.1) is 20.8 Å². The maximum atomic E-state index is 13.2. The van der Waals surface area contributed by atoms with Crippen LogP contribution in [0.4, 0.5) is 17.1 Å². The number of ketones is 2. The molecule has 0 heterocycles. The Morgan fingerprint density at radius 1 is 0.857 bits per heavy atom. The zero-order valence-corrected chi connectivity index (χ0v) is 15.9. The van der Waals surface area contributed by atoms with Crippen molar-refractivity contribution in [1.82, 2.24) is 0 Å². The molecule has 4 N–H and O–H groups in total. The lowest BCUT2D eigenvalue weighted by molar-refractivity contribution is 0.0980. The first-order valence-electron chi connectivity index (χ1n) is 8.98. The molecule has 0 saturated heterocycles. The molecule has 0 saturated carbocycles. The van der Waals surface area contributed by atoms with Gasteiger partial charge in [0.2, 0.25) is 0 Å². The van der Waals surface area contributed by atoms with Gasteiger partial charge >= 0.3 is 0 Å². The number of fused-ring (bicyclic) bond motifs is 2. The van der Waals surface area contributed by atoms with Crippen LogP contribution in [0.25, 0.3) is 0 Å². The molecule has 0 radical (unpaired) electrons. The second-order valence-corrected chi connectivity index (χ2v) is 7.21. The van der Waals surface area contributed by atoms with Crippen molar-refractivity contribution in [3.63, 3.8) is 0 Å². The molecule has 1 aliphatic rings. The van der Waals surface area contributed by atoms with Crippen LogP contribution in [0.5, 0.6) is 5.75 Å². The first-order chi connectivity index (χ1) is 13.3. The zero-order chi connectivity index (χ0) is 20.2. The Kier molecular flexibility index (Phi) is 3.96. The van der Waals surface area contributed by atoms with Crippen LogP contribution in [-0.4, -0.2) is 16.7 Å². The molecule has 0 aliphatic heterocycles. The van der Waals surface area contributed by atoms with Gasteiger partial charge in [-0.05, 0) is 31.9 Å². The van der Waals surface area contributed by atoms with Crippen molar-refractivity contribution in [2.45, 2.75) is 20.8 Å². The molecular formula is C23H20N2O3. The van der Waals surface area contributed by atoms with Crippen molar-refractivity contribution in [3.8, 4) is 5.75 Å². The van der Waals surface area contributed by atoms with Crippen LogP contribution >= 0.6 is 0 Å². The molecule has 0 spiro atoms. The molecule has 28 heavy (non-hydrogen) atoms. The molecule has 0 fully saturated rings. The predicted molar refractivity (Wildman–Crippen MR) is 110 cm³/mol. The SMILES string of the molecule is Cc1cc(C)c(Nc2cc(O)c(N)c3c2C(=O)c2ccccc2C3=O)c(C)c1. The highest BCUT2D eigenvalue weighted by atomic mass is 16.3. The molecule has 3 aromatic rings. The van der Waals surface area contributed by atoms with Crippen molar-refractivity contribution >= 4 is 28.6 Å². The number of rotatable bonds is 2. The Hall–Kier alpha value is -3.60. The molecule has 0 unspecified atom stereocenters. The predicted octanol–water partition coefficient (Wildman–Crippen LogP) is 4.42. The number of anilines is 3. The van der Waals surface area contributed by atoms with Gasteiger partial charge in [0.25, 0.3) is 0 Å². The summed E-state index contributed by atoms with van der Waals surface area (Å²) in [5.41, 5.74) is 11.1. The largest absolute Gasteiger partial charge is 0.506 e. The molecule has 1 aliphatic carbocycles. The number of aryl methyl sites for hydroxylation is 3. The number of hydrogen-bond donors (Lipinski definition) is 3. The van der Waals surface area contributed by atoms with Crippen LogP contribution in [0.1, 0.15) is 48.5 Å². The summed E-state index contributed by atoms with van der Waals surface area (Å²) < 4.78 is 0. The number of nitrogen functional groups attached to an aromatic ring is 1. The minimum atomic E-state index is -0.362. The molecule has 0 bridgehead atoms. The zero-order valence-electron chi connectivity index (χ0n) is 15.9. The first-order valence-corrected chi connectivity index (χ1v) is 8.98. The minimum absolute atomic E-state index is 0.0496. The molecule has 0 atom stereocenters. The van der Waals surface area contributed by atoms with E-state index >= 15 is 0 Å². The summed E-state index contributed by atoms with van der Waals surface area (Å²) in [7, 11) is 0. The molecule has 5 heteroatoms. The third-order valence-corrected chi connectivity index (χ3v) is 5.15. The third kappa shape index (κ3) is 2.55. The summed E-state index contributed by atoms with van der Waals surface area (Å²) in [5.74, 6) is -0.884. The monoisotopic (exact) mass is 372 g/mol. The Morgan fingerprint density at radius 2 is 1.39 bits per heavy atom. The maximum Gasteiger partial charge on any atom is 0.196 e. The van der Waals surface area contributed by atoms with Crippen molar-refractivity contribution in [1.29, 1.82) is 0 Å². The summed E-state index contributed by atoms with van der Waals surface area (Å²) in [6.07, 6.45) is 0. The van der Waals surface area contributed by atoms with E-state index in [0.29, 0.717) is 16.8 Å². The smallest absolute Gasteiger partial charge is 0.196 e. The molecule has 140 valence electrons. The fourth-order valence-corrected chi connectivity index (χ4v) is 3.91. The normalized spacial score (nSPS) is 12.5. The first kappa shape index (κ1) is 17.8. The van der Waals surface area contributed by atoms with Crippen molar-refractivity contribution in [2.24, 2.45) is 0 Å². The summed E-state index contributed by atoms with van der Waals surface area (Å²) in [4.78, 5) is 26.3. The van der Waals surface area contributed by atoms with Crippen molar-refractivity contribution in [3.05, 3.63) is 81.4 Å². The van der Waals surface area contributed by atoms with Gasteiger partial charge in [0.05, 0.1) is 22.5 Å². The number of hydrogen-bond acceptors (Lipinski definition) is 5. The Labute approximate surface area is 162 Å². The van der Waals surface area contributed by atoms with Gasteiger partial charge in [-0.25, -0.2) is 0 Å². The number of carbonyl (C=O) groups excluding carboxylic acids is 2. The van der Waals surface area contributed by atoms with Crippen molar-refractivity contribution in [2.75, 3.05) is 11.1 Å². The molecule has 5 nitrogen and oxygen atoms in total. The average Bonchev–Trinajstić information content (AvgIpc) is 2.65. The Morgan fingerprint density at radius 3 is 1.96 bits per heavy atom. The van der Waals surface area contributed by atoms with E-state index in [0.717, 1.165) is 22.4 Å². The quantitative estimate of drug-likeness (QED) is 0.358. The third-order valence-electron chi connectivity index (χ3n) is 5.15. The van der Waals surface area contributed by atoms with E-state index in [1.807, 2.05) is 32.9 Å². The van der Waals surface area contributed by atoms with Gasteiger partial charge in [-0.2, -0.15) is 0 Å². The van der Waals surface area contributed by atoms with E-state index in [2.05, 4.69) is 5.32 Å². The summed E-state index contributed by atoms with van der Waals surface area (Å²) in [6.45, 7) is 5.95. The highest BCUT2D eigenvalue weighted by Crippen LogP contribution is 2.41. The lowest BCUT2D eigenvalue weighted by Gasteiger charge is -2.24. The van der Waals surface area contributed by atoms with Gasteiger partial charge in [-0.3, -0.25) is 9.59 Å². The number of carbonyl (C=O) groups is 2. The van der Waals surface area contributed by atoms with Crippen LogP contribution < -0.4 is 11.1 Å². The molecule has 0 aromatic heterocycles. The van der Waals surface area contributed by atoms with Crippen LogP contribution in [-0.2, 0) is 0 Å². The lowest BCUT2D eigenvalue weighted by Crippen LogP contribution is -2.23. The summed E-state index contributed by atoms with van der Waals surface area (Å²) >= 11 is 0. The van der Waals surface area contributed by atoms with Crippen LogP contribution in [0.15, 0.2) is 42.5 Å². The van der Waals surface area contributed by atoms with Gasteiger partial charge in [-0.1, -0.05) is 42.0 Å². The Balaban J connectivity index is 1.96. The van der Waals surface area contributed by atoms with E-state index in [1.54, 1.807) is 24.3 Å². The maximum absolute atomic E-state index is 13.2. The van der Waals surface area contributed by atoms with Crippen LogP contribution in [0.2, 0.25) is 0 Å². The van der Waals surface area contributed by atoms with Gasteiger partial charge in [0, 0.05) is 22.9 Å². The second kappa shape index (κ2) is 6.23. The van der Waals surface area contributed by atoms with Crippen molar-refractivity contribution < 1.29 is 14.7 Å². The van der Waals surface area contributed by atoms with Gasteiger partial charge in [0.1, 0.15) is 5.75 Å². The van der Waals surface area contributed by atoms with Gasteiger partial charge in [0.15, 0.2) is 11.6 Å². The topological polar surface area (TPSA) is 92.4 Å². The highest BCUT2D eigenvalue weighted by molar-refractivity contribution is 6.32. The van der Waals surface area contributed by atoms with Gasteiger partial charge in [-0.15, -0.1) is 0 Å². The van der Waals surface area contributed by atoms with E-state index in [-0.39, 0.29) is 34.1 Å². The number of aromatic hydroxyl groups is 1. The molecule has 4 rings (SSSR count). The molecule has 3 aromatic carbocycles. The standard InChI is InChI=1S/C23H20N2O3/c1-11-8-12(2)21(13(3)9-11)25-16-10-17(26)20(24)19-18(16)22(27)14-6-4-5-7-15(14)23(19)28/h4-10,25-26H,24H2,1-3H3. The van der Waals surface area contributed by atoms with Gasteiger partial charge < -0.3 is 16.2 Å². The van der Waals surface area contributed by atoms with Crippen LogP contribution in [0.3, 0.4) is 0 Å². The average molecular weight is 372 g/mol. The fraction of sp³-hybridized carbons (Fsp3) is 0.130. The van der Waals surface area contributed by atoms with E-state index in [9.17, 15) is 14.7 Å². The summed E-state index contributed by atoms with van der Waals surface area (Å²) in [5, 5.41) is 13.6. The molecular weight excluding hydrogens is 352 g/mol.